The Balaban J connectivity index is 1.84. The van der Waals surface area contributed by atoms with Gasteiger partial charge in [-0.1, -0.05) is 44.5 Å². The summed E-state index contributed by atoms with van der Waals surface area (Å²) in [6.07, 6.45) is 2.60. The molecule has 0 radical (unpaired) electrons. The Morgan fingerprint density at radius 3 is 2.61 bits per heavy atom. The van der Waals surface area contributed by atoms with Crippen molar-refractivity contribution in [2.75, 3.05) is 17.2 Å². The SMILES string of the molecule is CC(C)(C)C(=O)Nc1ccc(NCCc2cccc(Cl)c2)cn1. The molecule has 4 nitrogen and oxygen atoms in total. The lowest BCUT2D eigenvalue weighted by molar-refractivity contribution is -0.123. The summed E-state index contributed by atoms with van der Waals surface area (Å²) in [5.41, 5.74) is 1.67. The van der Waals surface area contributed by atoms with E-state index >= 15 is 0 Å². The van der Waals surface area contributed by atoms with Gasteiger partial charge in [0.25, 0.3) is 0 Å². The third-order valence-electron chi connectivity index (χ3n) is 3.32. The van der Waals surface area contributed by atoms with E-state index in [1.165, 1.54) is 5.56 Å². The first-order valence-corrected chi connectivity index (χ1v) is 7.98. The number of anilines is 2. The van der Waals surface area contributed by atoms with E-state index in [0.717, 1.165) is 23.7 Å². The van der Waals surface area contributed by atoms with Crippen LogP contribution in [0.4, 0.5) is 11.5 Å². The average molecular weight is 332 g/mol. The molecule has 1 aromatic heterocycles. The molecule has 0 atom stereocenters. The molecule has 0 fully saturated rings. The molecule has 1 aromatic carbocycles. The van der Waals surface area contributed by atoms with Crippen molar-refractivity contribution in [2.45, 2.75) is 27.2 Å². The third-order valence-corrected chi connectivity index (χ3v) is 3.55. The van der Waals surface area contributed by atoms with E-state index in [1.54, 1.807) is 12.3 Å². The van der Waals surface area contributed by atoms with Crippen molar-refractivity contribution in [3.63, 3.8) is 0 Å². The maximum Gasteiger partial charge on any atom is 0.230 e. The Bertz CT molecular complexity index is 663. The normalized spacial score (nSPS) is 11.1. The summed E-state index contributed by atoms with van der Waals surface area (Å²) in [5.74, 6) is 0.511. The quantitative estimate of drug-likeness (QED) is 0.855. The van der Waals surface area contributed by atoms with Crippen LogP contribution in [0.5, 0.6) is 0 Å². The lowest BCUT2D eigenvalue weighted by atomic mass is 9.96. The van der Waals surface area contributed by atoms with E-state index in [0.29, 0.717) is 5.82 Å². The van der Waals surface area contributed by atoms with Gasteiger partial charge < -0.3 is 10.6 Å². The van der Waals surface area contributed by atoms with Crippen LogP contribution in [-0.4, -0.2) is 17.4 Å². The molecule has 5 heteroatoms. The van der Waals surface area contributed by atoms with E-state index in [1.807, 2.05) is 45.0 Å². The number of carbonyl (C=O) groups is 1. The van der Waals surface area contributed by atoms with Gasteiger partial charge in [-0.15, -0.1) is 0 Å². The number of amides is 1. The molecule has 23 heavy (non-hydrogen) atoms. The minimum Gasteiger partial charge on any atom is -0.383 e. The molecule has 0 bridgehead atoms. The highest BCUT2D eigenvalue weighted by atomic mass is 35.5. The van der Waals surface area contributed by atoms with Crippen molar-refractivity contribution in [1.29, 1.82) is 0 Å². The first-order chi connectivity index (χ1) is 10.8. The lowest BCUT2D eigenvalue weighted by Crippen LogP contribution is -2.27. The molecule has 122 valence electrons. The second-order valence-electron chi connectivity index (χ2n) is 6.44. The van der Waals surface area contributed by atoms with Gasteiger partial charge in [-0.2, -0.15) is 0 Å². The van der Waals surface area contributed by atoms with Gasteiger partial charge in [0.05, 0.1) is 11.9 Å². The first-order valence-electron chi connectivity index (χ1n) is 7.60. The third kappa shape index (κ3) is 5.57. The topological polar surface area (TPSA) is 54.0 Å². The number of nitrogens with one attached hydrogen (secondary N) is 2. The summed E-state index contributed by atoms with van der Waals surface area (Å²) >= 11 is 5.97. The molecule has 0 aliphatic carbocycles. The van der Waals surface area contributed by atoms with Crippen LogP contribution in [0.25, 0.3) is 0 Å². The van der Waals surface area contributed by atoms with E-state index in [9.17, 15) is 4.79 Å². The van der Waals surface area contributed by atoms with E-state index in [-0.39, 0.29) is 5.91 Å². The Morgan fingerprint density at radius 1 is 1.22 bits per heavy atom. The van der Waals surface area contributed by atoms with E-state index in [4.69, 9.17) is 11.6 Å². The van der Waals surface area contributed by atoms with Crippen LogP contribution < -0.4 is 10.6 Å². The number of hydrogen-bond donors (Lipinski definition) is 2. The smallest absolute Gasteiger partial charge is 0.230 e. The zero-order valence-corrected chi connectivity index (χ0v) is 14.4. The molecule has 2 rings (SSSR count). The summed E-state index contributed by atoms with van der Waals surface area (Å²) in [6, 6.07) is 11.5. The Hall–Kier alpha value is -2.07. The summed E-state index contributed by atoms with van der Waals surface area (Å²) in [6.45, 7) is 6.39. The number of pyridine rings is 1. The average Bonchev–Trinajstić information content (AvgIpc) is 2.48. The van der Waals surface area contributed by atoms with Crippen LogP contribution in [0.1, 0.15) is 26.3 Å². The predicted molar refractivity (Wildman–Crippen MR) is 96.0 cm³/mol. The van der Waals surface area contributed by atoms with Crippen molar-refractivity contribution in [1.82, 2.24) is 4.98 Å². The van der Waals surface area contributed by atoms with Gasteiger partial charge in [0, 0.05) is 17.0 Å². The second kappa shape index (κ2) is 7.47. The Labute approximate surface area is 142 Å². The van der Waals surface area contributed by atoms with Gasteiger partial charge >= 0.3 is 0 Å². The van der Waals surface area contributed by atoms with Gasteiger partial charge in [-0.05, 0) is 36.2 Å². The molecule has 1 heterocycles. The van der Waals surface area contributed by atoms with Gasteiger partial charge in [0.1, 0.15) is 5.82 Å². The van der Waals surface area contributed by atoms with Gasteiger partial charge in [-0.3, -0.25) is 4.79 Å². The van der Waals surface area contributed by atoms with Crippen LogP contribution in [0.15, 0.2) is 42.6 Å². The molecule has 0 aliphatic rings. The lowest BCUT2D eigenvalue weighted by Gasteiger charge is -2.17. The van der Waals surface area contributed by atoms with Crippen LogP contribution >= 0.6 is 11.6 Å². The standard InChI is InChI=1S/C18H22ClN3O/c1-18(2,3)17(23)22-16-8-7-15(12-21-16)20-10-9-13-5-4-6-14(19)11-13/h4-8,11-12,20H,9-10H2,1-3H3,(H,21,22,23). The first kappa shape index (κ1) is 17.3. The molecule has 0 saturated heterocycles. The minimum atomic E-state index is -0.435. The predicted octanol–water partition coefficient (Wildman–Crippen LogP) is 4.37. The van der Waals surface area contributed by atoms with Gasteiger partial charge in [0.2, 0.25) is 5.91 Å². The number of hydrogen-bond acceptors (Lipinski definition) is 3. The molecule has 0 unspecified atom stereocenters. The fraction of sp³-hybridized carbons (Fsp3) is 0.333. The number of halogens is 1. The molecule has 1 amide bonds. The number of carbonyl (C=O) groups excluding carboxylic acids is 1. The molecular weight excluding hydrogens is 310 g/mol. The van der Waals surface area contributed by atoms with Crippen LogP contribution in [0, 0.1) is 5.41 Å². The van der Waals surface area contributed by atoms with Crippen molar-refractivity contribution in [2.24, 2.45) is 5.41 Å². The van der Waals surface area contributed by atoms with Crippen LogP contribution in [0.2, 0.25) is 5.02 Å². The summed E-state index contributed by atoms with van der Waals surface area (Å²) < 4.78 is 0. The fourth-order valence-corrected chi connectivity index (χ4v) is 2.13. The Kier molecular flexibility index (Phi) is 5.61. The summed E-state index contributed by atoms with van der Waals surface area (Å²) in [5, 5.41) is 6.86. The number of aromatic nitrogens is 1. The van der Waals surface area contributed by atoms with Crippen molar-refractivity contribution >= 4 is 29.0 Å². The largest absolute Gasteiger partial charge is 0.383 e. The second-order valence-corrected chi connectivity index (χ2v) is 6.88. The van der Waals surface area contributed by atoms with Crippen molar-refractivity contribution in [3.05, 3.63) is 53.2 Å². The molecule has 0 spiro atoms. The highest BCUT2D eigenvalue weighted by molar-refractivity contribution is 6.30. The Morgan fingerprint density at radius 2 is 2.00 bits per heavy atom. The van der Waals surface area contributed by atoms with Gasteiger partial charge in [0.15, 0.2) is 0 Å². The van der Waals surface area contributed by atoms with Crippen LogP contribution in [-0.2, 0) is 11.2 Å². The van der Waals surface area contributed by atoms with E-state index in [2.05, 4.69) is 21.7 Å². The fourth-order valence-electron chi connectivity index (χ4n) is 1.92. The van der Waals surface area contributed by atoms with Gasteiger partial charge in [-0.25, -0.2) is 4.98 Å². The molecule has 0 saturated carbocycles. The molecule has 2 N–H and O–H groups in total. The van der Waals surface area contributed by atoms with Crippen LogP contribution in [0.3, 0.4) is 0 Å². The van der Waals surface area contributed by atoms with Crippen molar-refractivity contribution in [3.8, 4) is 0 Å². The van der Waals surface area contributed by atoms with E-state index < -0.39 is 5.41 Å². The zero-order valence-electron chi connectivity index (χ0n) is 13.7. The molecular formula is C18H22ClN3O. The highest BCUT2D eigenvalue weighted by Crippen LogP contribution is 2.17. The number of nitrogens with zero attached hydrogens (tertiary/aromatic N) is 1. The summed E-state index contributed by atoms with van der Waals surface area (Å²) in [4.78, 5) is 16.2. The number of benzene rings is 1. The zero-order chi connectivity index (χ0) is 16.9. The maximum absolute atomic E-state index is 11.9. The monoisotopic (exact) mass is 331 g/mol. The molecule has 2 aromatic rings. The molecule has 0 aliphatic heterocycles. The maximum atomic E-state index is 11.9. The number of rotatable bonds is 5. The summed E-state index contributed by atoms with van der Waals surface area (Å²) in [7, 11) is 0. The highest BCUT2D eigenvalue weighted by Gasteiger charge is 2.21. The minimum absolute atomic E-state index is 0.0494. The van der Waals surface area contributed by atoms with Crippen molar-refractivity contribution < 1.29 is 4.79 Å².